The van der Waals surface area contributed by atoms with E-state index < -0.39 is 0 Å². The summed E-state index contributed by atoms with van der Waals surface area (Å²) in [5.41, 5.74) is 4.16. The summed E-state index contributed by atoms with van der Waals surface area (Å²) < 4.78 is 10.7. The molecule has 3 aromatic rings. The van der Waals surface area contributed by atoms with Crippen LogP contribution in [0, 0.1) is 13.8 Å². The minimum atomic E-state index is -0.113. The highest BCUT2D eigenvalue weighted by atomic mass is 32.2. The van der Waals surface area contributed by atoms with Gasteiger partial charge < -0.3 is 14.5 Å². The Morgan fingerprint density at radius 1 is 1.11 bits per heavy atom. The first-order chi connectivity index (χ1) is 13.0. The number of carbonyl (C=O) groups is 1. The van der Waals surface area contributed by atoms with E-state index >= 15 is 0 Å². The van der Waals surface area contributed by atoms with Crippen molar-refractivity contribution in [3.63, 3.8) is 0 Å². The summed E-state index contributed by atoms with van der Waals surface area (Å²) in [6.45, 7) is 4.05. The number of anilines is 1. The average molecular weight is 383 g/mol. The van der Waals surface area contributed by atoms with Gasteiger partial charge in [0.05, 0.1) is 19.3 Å². The fourth-order valence-corrected chi connectivity index (χ4v) is 3.01. The molecule has 0 fully saturated rings. The molecule has 0 aliphatic carbocycles. The number of ether oxygens (including phenoxy) is 1. The average Bonchev–Trinajstić information content (AvgIpc) is 3.11. The van der Waals surface area contributed by atoms with Crippen LogP contribution in [0.5, 0.6) is 5.75 Å². The van der Waals surface area contributed by atoms with Crippen LogP contribution in [0.4, 0.5) is 5.69 Å². The van der Waals surface area contributed by atoms with Gasteiger partial charge >= 0.3 is 0 Å². The summed E-state index contributed by atoms with van der Waals surface area (Å²) in [5, 5.41) is 11.3. The Morgan fingerprint density at radius 3 is 2.59 bits per heavy atom. The summed E-state index contributed by atoms with van der Waals surface area (Å²) in [6, 6.07) is 13.5. The molecule has 140 valence electrons. The third kappa shape index (κ3) is 5.34. The molecule has 1 heterocycles. The van der Waals surface area contributed by atoms with E-state index in [0.29, 0.717) is 17.5 Å². The molecule has 7 heteroatoms. The van der Waals surface area contributed by atoms with Crippen LogP contribution >= 0.6 is 11.8 Å². The Kier molecular flexibility index (Phi) is 6.13. The smallest absolute Gasteiger partial charge is 0.277 e. The Balaban J connectivity index is 1.51. The first kappa shape index (κ1) is 19.0. The zero-order valence-corrected chi connectivity index (χ0v) is 16.3. The Bertz CT molecular complexity index is 922. The molecular weight excluding hydrogens is 362 g/mol. The number of carbonyl (C=O) groups excluding carboxylic acids is 1. The molecule has 0 atom stereocenters. The lowest BCUT2D eigenvalue weighted by molar-refractivity contribution is -0.113. The van der Waals surface area contributed by atoms with Gasteiger partial charge in [0.2, 0.25) is 11.8 Å². The Morgan fingerprint density at radius 2 is 1.89 bits per heavy atom. The highest BCUT2D eigenvalue weighted by molar-refractivity contribution is 7.99. The first-order valence-corrected chi connectivity index (χ1v) is 9.47. The number of nitrogens with zero attached hydrogens (tertiary/aromatic N) is 2. The predicted molar refractivity (Wildman–Crippen MR) is 105 cm³/mol. The SMILES string of the molecule is COc1ccc(Cc2nnc(SCC(=O)Nc3ccc(C)c(C)c3)o2)cc1. The van der Waals surface area contributed by atoms with Crippen molar-refractivity contribution >= 4 is 23.4 Å². The lowest BCUT2D eigenvalue weighted by atomic mass is 10.1. The summed E-state index contributed by atoms with van der Waals surface area (Å²) >= 11 is 1.22. The van der Waals surface area contributed by atoms with E-state index in [1.807, 2.05) is 56.3 Å². The van der Waals surface area contributed by atoms with E-state index in [4.69, 9.17) is 9.15 Å². The zero-order chi connectivity index (χ0) is 19.2. The number of amides is 1. The number of methoxy groups -OCH3 is 1. The molecule has 6 nitrogen and oxygen atoms in total. The van der Waals surface area contributed by atoms with Gasteiger partial charge in [0.15, 0.2) is 0 Å². The maximum atomic E-state index is 12.1. The van der Waals surface area contributed by atoms with Gasteiger partial charge in [-0.3, -0.25) is 4.79 Å². The Labute approximate surface area is 162 Å². The Hall–Kier alpha value is -2.80. The molecule has 0 bridgehead atoms. The number of aryl methyl sites for hydroxylation is 2. The van der Waals surface area contributed by atoms with Gasteiger partial charge in [-0.1, -0.05) is 30.0 Å². The molecule has 0 aliphatic rings. The van der Waals surface area contributed by atoms with Crippen LogP contribution in [0.3, 0.4) is 0 Å². The van der Waals surface area contributed by atoms with E-state index in [2.05, 4.69) is 15.5 Å². The van der Waals surface area contributed by atoms with Crippen LogP contribution in [-0.4, -0.2) is 29.0 Å². The largest absolute Gasteiger partial charge is 0.497 e. The minimum Gasteiger partial charge on any atom is -0.497 e. The lowest BCUT2D eigenvalue weighted by Gasteiger charge is -2.06. The molecule has 0 saturated carbocycles. The molecule has 1 aromatic heterocycles. The first-order valence-electron chi connectivity index (χ1n) is 8.48. The molecule has 1 N–H and O–H groups in total. The third-order valence-corrected chi connectivity index (χ3v) is 4.90. The van der Waals surface area contributed by atoms with E-state index in [-0.39, 0.29) is 11.7 Å². The van der Waals surface area contributed by atoms with Gasteiger partial charge in [-0.25, -0.2) is 0 Å². The normalized spacial score (nSPS) is 10.6. The maximum Gasteiger partial charge on any atom is 0.277 e. The zero-order valence-electron chi connectivity index (χ0n) is 15.5. The molecule has 0 spiro atoms. The second-order valence-electron chi connectivity index (χ2n) is 6.12. The summed E-state index contributed by atoms with van der Waals surface area (Å²) in [4.78, 5) is 12.1. The molecule has 27 heavy (non-hydrogen) atoms. The molecule has 0 aliphatic heterocycles. The van der Waals surface area contributed by atoms with Crippen molar-refractivity contribution < 1.29 is 13.9 Å². The third-order valence-electron chi connectivity index (χ3n) is 4.08. The van der Waals surface area contributed by atoms with Crippen molar-refractivity contribution in [2.45, 2.75) is 25.5 Å². The molecule has 1 amide bonds. The van der Waals surface area contributed by atoms with Crippen molar-refractivity contribution in [3.8, 4) is 5.75 Å². The quantitative estimate of drug-likeness (QED) is 0.621. The lowest BCUT2D eigenvalue weighted by Crippen LogP contribution is -2.14. The second kappa shape index (κ2) is 8.73. The summed E-state index contributed by atoms with van der Waals surface area (Å²) in [7, 11) is 1.63. The summed E-state index contributed by atoms with van der Waals surface area (Å²) in [6.07, 6.45) is 0.534. The van der Waals surface area contributed by atoms with Crippen LogP contribution in [0.15, 0.2) is 52.1 Å². The molecule has 0 unspecified atom stereocenters. The fraction of sp³-hybridized carbons (Fsp3) is 0.250. The van der Waals surface area contributed by atoms with Gasteiger partial charge in [0.25, 0.3) is 5.22 Å². The van der Waals surface area contributed by atoms with Crippen LogP contribution in [0.2, 0.25) is 0 Å². The molecule has 0 saturated heterocycles. The van der Waals surface area contributed by atoms with Crippen molar-refractivity contribution in [3.05, 3.63) is 65.0 Å². The maximum absolute atomic E-state index is 12.1. The van der Waals surface area contributed by atoms with Crippen LogP contribution in [0.25, 0.3) is 0 Å². The van der Waals surface area contributed by atoms with Gasteiger partial charge in [-0.05, 0) is 54.8 Å². The number of aromatic nitrogens is 2. The van der Waals surface area contributed by atoms with Gasteiger partial charge in [-0.15, -0.1) is 10.2 Å². The van der Waals surface area contributed by atoms with Crippen LogP contribution in [-0.2, 0) is 11.2 Å². The van der Waals surface area contributed by atoms with E-state index in [0.717, 1.165) is 22.6 Å². The number of thioether (sulfide) groups is 1. The highest BCUT2D eigenvalue weighted by Crippen LogP contribution is 2.20. The number of hydrogen-bond acceptors (Lipinski definition) is 6. The van der Waals surface area contributed by atoms with Gasteiger partial charge in [-0.2, -0.15) is 0 Å². The van der Waals surface area contributed by atoms with Gasteiger partial charge in [0, 0.05) is 5.69 Å². The van der Waals surface area contributed by atoms with Crippen LogP contribution < -0.4 is 10.1 Å². The topological polar surface area (TPSA) is 77.2 Å². The molecular formula is C20H21N3O3S. The molecule has 0 radical (unpaired) electrons. The van der Waals surface area contributed by atoms with Gasteiger partial charge in [0.1, 0.15) is 5.75 Å². The van der Waals surface area contributed by atoms with E-state index in [1.165, 1.54) is 17.3 Å². The second-order valence-corrected chi connectivity index (χ2v) is 7.05. The predicted octanol–water partition coefficient (Wildman–Crippen LogP) is 4.02. The molecule has 2 aromatic carbocycles. The number of hydrogen-bond donors (Lipinski definition) is 1. The van der Waals surface area contributed by atoms with Crippen molar-refractivity contribution in [2.75, 3.05) is 18.2 Å². The van der Waals surface area contributed by atoms with E-state index in [9.17, 15) is 4.79 Å². The van der Waals surface area contributed by atoms with Crippen molar-refractivity contribution in [1.82, 2.24) is 10.2 Å². The van der Waals surface area contributed by atoms with E-state index in [1.54, 1.807) is 7.11 Å². The fourth-order valence-electron chi connectivity index (χ4n) is 2.43. The van der Waals surface area contributed by atoms with Crippen molar-refractivity contribution in [2.24, 2.45) is 0 Å². The number of benzene rings is 2. The highest BCUT2D eigenvalue weighted by Gasteiger charge is 2.11. The van der Waals surface area contributed by atoms with Crippen molar-refractivity contribution in [1.29, 1.82) is 0 Å². The molecule has 3 rings (SSSR count). The summed E-state index contributed by atoms with van der Waals surface area (Å²) in [5.74, 6) is 1.41. The number of nitrogens with one attached hydrogen (secondary N) is 1. The number of rotatable bonds is 7. The monoisotopic (exact) mass is 383 g/mol. The standard InChI is InChI=1S/C20H21N3O3S/c1-13-4-7-16(10-14(13)2)21-18(24)12-27-20-23-22-19(26-20)11-15-5-8-17(25-3)9-6-15/h4-10H,11-12H2,1-3H3,(H,21,24). The minimum absolute atomic E-state index is 0.113. The van der Waals surface area contributed by atoms with Crippen LogP contribution in [0.1, 0.15) is 22.6 Å².